The van der Waals surface area contributed by atoms with E-state index in [0.717, 1.165) is 25.2 Å². The van der Waals surface area contributed by atoms with Gasteiger partial charge in [-0.25, -0.2) is 8.42 Å². The Bertz CT molecular complexity index is 1030. The van der Waals surface area contributed by atoms with E-state index >= 15 is 0 Å². The lowest BCUT2D eigenvalue weighted by Gasteiger charge is -2.30. The Morgan fingerprint density at radius 1 is 1.14 bits per heavy atom. The van der Waals surface area contributed by atoms with Crippen LogP contribution >= 0.6 is 0 Å². The second-order valence-corrected chi connectivity index (χ2v) is 8.92. The van der Waals surface area contributed by atoms with Crippen molar-refractivity contribution in [3.8, 4) is 11.5 Å². The SMILES string of the molecule is CN1CCNCC1c1noc(-c2ccc(S(=O)(=O)Cc3ccccc3)cc2)n1. The highest BCUT2D eigenvalue weighted by Crippen LogP contribution is 2.25. The molecule has 0 amide bonds. The van der Waals surface area contributed by atoms with Crippen LogP contribution in [0.2, 0.25) is 0 Å². The van der Waals surface area contributed by atoms with E-state index in [1.54, 1.807) is 24.3 Å². The number of rotatable bonds is 5. The second kappa shape index (κ2) is 7.83. The topological polar surface area (TPSA) is 88.3 Å². The quantitative estimate of drug-likeness (QED) is 0.705. The first-order valence-electron chi connectivity index (χ1n) is 9.14. The Hall–Kier alpha value is -2.55. The zero-order chi connectivity index (χ0) is 19.6. The molecule has 8 heteroatoms. The maximum absolute atomic E-state index is 12.6. The number of sulfone groups is 1. The summed E-state index contributed by atoms with van der Waals surface area (Å²) in [6.45, 7) is 2.63. The lowest BCUT2D eigenvalue weighted by atomic mass is 10.2. The van der Waals surface area contributed by atoms with Gasteiger partial charge in [-0.05, 0) is 36.9 Å². The number of aromatic nitrogens is 2. The normalized spacial score (nSPS) is 18.2. The molecular formula is C20H22N4O3S. The molecule has 28 heavy (non-hydrogen) atoms. The predicted octanol–water partition coefficient (Wildman–Crippen LogP) is 2.29. The molecule has 0 spiro atoms. The fourth-order valence-electron chi connectivity index (χ4n) is 3.26. The number of piperazine rings is 1. The van der Waals surface area contributed by atoms with Crippen LogP contribution in [0.15, 0.2) is 64.0 Å². The second-order valence-electron chi connectivity index (χ2n) is 6.93. The Morgan fingerprint density at radius 2 is 1.89 bits per heavy atom. The first-order chi connectivity index (χ1) is 13.5. The van der Waals surface area contributed by atoms with Crippen molar-refractivity contribution in [1.82, 2.24) is 20.4 Å². The highest BCUT2D eigenvalue weighted by molar-refractivity contribution is 7.90. The molecule has 146 valence electrons. The van der Waals surface area contributed by atoms with Crippen molar-refractivity contribution in [2.75, 3.05) is 26.7 Å². The predicted molar refractivity (Wildman–Crippen MR) is 105 cm³/mol. The van der Waals surface area contributed by atoms with Crippen LogP contribution in [0, 0.1) is 0 Å². The molecule has 7 nitrogen and oxygen atoms in total. The van der Waals surface area contributed by atoms with Crippen molar-refractivity contribution >= 4 is 9.84 Å². The summed E-state index contributed by atoms with van der Waals surface area (Å²) >= 11 is 0. The number of likely N-dealkylation sites (N-methyl/N-ethyl adjacent to an activating group) is 1. The summed E-state index contributed by atoms with van der Waals surface area (Å²) in [4.78, 5) is 6.96. The molecule has 1 atom stereocenters. The molecule has 1 saturated heterocycles. The van der Waals surface area contributed by atoms with Gasteiger partial charge in [-0.1, -0.05) is 35.5 Å². The molecule has 2 heterocycles. The summed E-state index contributed by atoms with van der Waals surface area (Å²) in [5.74, 6) is 0.991. The summed E-state index contributed by atoms with van der Waals surface area (Å²) in [7, 11) is -1.38. The van der Waals surface area contributed by atoms with Crippen molar-refractivity contribution in [3.05, 3.63) is 66.0 Å². The van der Waals surface area contributed by atoms with E-state index in [0.29, 0.717) is 17.3 Å². The summed E-state index contributed by atoms with van der Waals surface area (Å²) in [6.07, 6.45) is 0. The van der Waals surface area contributed by atoms with Gasteiger partial charge in [0.2, 0.25) is 0 Å². The zero-order valence-corrected chi connectivity index (χ0v) is 16.4. The molecule has 0 radical (unpaired) electrons. The van der Waals surface area contributed by atoms with Crippen molar-refractivity contribution in [2.45, 2.75) is 16.7 Å². The molecule has 1 aliphatic heterocycles. The lowest BCUT2D eigenvalue weighted by molar-refractivity contribution is 0.190. The Balaban J connectivity index is 1.52. The van der Waals surface area contributed by atoms with Crippen LogP contribution in [0.25, 0.3) is 11.5 Å². The Labute approximate surface area is 164 Å². The van der Waals surface area contributed by atoms with Crippen LogP contribution in [0.1, 0.15) is 17.4 Å². The molecule has 0 bridgehead atoms. The van der Waals surface area contributed by atoms with Gasteiger partial charge in [-0.15, -0.1) is 0 Å². The van der Waals surface area contributed by atoms with Gasteiger partial charge in [-0.2, -0.15) is 4.98 Å². The summed E-state index contributed by atoms with van der Waals surface area (Å²) < 4.78 is 30.7. The van der Waals surface area contributed by atoms with Crippen LogP contribution in [-0.2, 0) is 15.6 Å². The highest BCUT2D eigenvalue weighted by atomic mass is 32.2. The number of nitrogens with one attached hydrogen (secondary N) is 1. The van der Waals surface area contributed by atoms with Gasteiger partial charge < -0.3 is 9.84 Å². The number of hydrogen-bond acceptors (Lipinski definition) is 7. The molecule has 1 N–H and O–H groups in total. The van der Waals surface area contributed by atoms with Gasteiger partial charge in [-0.3, -0.25) is 4.90 Å². The Morgan fingerprint density at radius 3 is 2.61 bits per heavy atom. The minimum Gasteiger partial charge on any atom is -0.334 e. The minimum absolute atomic E-state index is 0.0289. The van der Waals surface area contributed by atoms with E-state index in [-0.39, 0.29) is 16.7 Å². The van der Waals surface area contributed by atoms with Crippen molar-refractivity contribution in [3.63, 3.8) is 0 Å². The standard InChI is InChI=1S/C20H22N4O3S/c1-24-12-11-21-13-18(24)19-22-20(27-23-19)16-7-9-17(10-8-16)28(25,26)14-15-5-3-2-4-6-15/h2-10,18,21H,11-14H2,1H3. The van der Waals surface area contributed by atoms with Crippen molar-refractivity contribution in [2.24, 2.45) is 0 Å². The van der Waals surface area contributed by atoms with Crippen LogP contribution in [0.5, 0.6) is 0 Å². The van der Waals surface area contributed by atoms with Crippen molar-refractivity contribution < 1.29 is 12.9 Å². The third-order valence-electron chi connectivity index (χ3n) is 4.91. The fraction of sp³-hybridized carbons (Fsp3) is 0.300. The zero-order valence-electron chi connectivity index (χ0n) is 15.6. The third-order valence-corrected chi connectivity index (χ3v) is 6.61. The smallest absolute Gasteiger partial charge is 0.257 e. The van der Waals surface area contributed by atoms with Crippen molar-refractivity contribution in [1.29, 1.82) is 0 Å². The maximum Gasteiger partial charge on any atom is 0.257 e. The first kappa shape index (κ1) is 18.8. The number of nitrogens with zero attached hydrogens (tertiary/aromatic N) is 3. The molecule has 1 fully saturated rings. The van der Waals surface area contributed by atoms with Gasteiger partial charge in [0.05, 0.1) is 16.7 Å². The Kier molecular flexibility index (Phi) is 5.25. The molecule has 1 unspecified atom stereocenters. The van der Waals surface area contributed by atoms with E-state index in [4.69, 9.17) is 4.52 Å². The van der Waals surface area contributed by atoms with Crippen LogP contribution in [0.3, 0.4) is 0 Å². The largest absolute Gasteiger partial charge is 0.334 e. The lowest BCUT2D eigenvalue weighted by Crippen LogP contribution is -2.44. The first-order valence-corrected chi connectivity index (χ1v) is 10.8. The molecular weight excluding hydrogens is 376 g/mol. The van der Waals surface area contributed by atoms with Gasteiger partial charge >= 0.3 is 0 Å². The molecule has 2 aromatic carbocycles. The summed E-state index contributed by atoms with van der Waals surface area (Å²) in [6, 6.07) is 15.8. The van der Waals surface area contributed by atoms with E-state index in [9.17, 15) is 8.42 Å². The monoisotopic (exact) mass is 398 g/mol. The number of hydrogen-bond donors (Lipinski definition) is 1. The molecule has 3 aromatic rings. The van der Waals surface area contributed by atoms with E-state index in [2.05, 4.69) is 20.4 Å². The third kappa shape index (κ3) is 3.99. The summed E-state index contributed by atoms with van der Waals surface area (Å²) in [5, 5.41) is 7.43. The van der Waals surface area contributed by atoms with Crippen LogP contribution < -0.4 is 5.32 Å². The average Bonchev–Trinajstić information content (AvgIpc) is 3.19. The van der Waals surface area contributed by atoms with Gasteiger partial charge in [0.1, 0.15) is 0 Å². The summed E-state index contributed by atoms with van der Waals surface area (Å²) in [5.41, 5.74) is 1.46. The molecule has 4 rings (SSSR count). The number of benzene rings is 2. The maximum atomic E-state index is 12.6. The van der Waals surface area contributed by atoms with Gasteiger partial charge in [0.25, 0.3) is 5.89 Å². The van der Waals surface area contributed by atoms with Crippen LogP contribution in [-0.4, -0.2) is 50.1 Å². The minimum atomic E-state index is -3.41. The molecule has 0 aliphatic carbocycles. The average molecular weight is 398 g/mol. The van der Waals surface area contributed by atoms with Gasteiger partial charge in [0, 0.05) is 25.2 Å². The fourth-order valence-corrected chi connectivity index (χ4v) is 4.61. The highest BCUT2D eigenvalue weighted by Gasteiger charge is 2.25. The van der Waals surface area contributed by atoms with E-state index in [1.165, 1.54) is 0 Å². The van der Waals surface area contributed by atoms with Crippen LogP contribution in [0.4, 0.5) is 0 Å². The molecule has 1 aromatic heterocycles. The molecule has 0 saturated carbocycles. The molecule has 1 aliphatic rings. The van der Waals surface area contributed by atoms with Gasteiger partial charge in [0.15, 0.2) is 15.7 Å². The van der Waals surface area contributed by atoms with E-state index < -0.39 is 9.84 Å². The van der Waals surface area contributed by atoms with E-state index in [1.807, 2.05) is 37.4 Å².